The summed E-state index contributed by atoms with van der Waals surface area (Å²) in [4.78, 5) is 18.7. The van der Waals surface area contributed by atoms with Crippen LogP contribution in [0.2, 0.25) is 0 Å². The third kappa shape index (κ3) is 9.17. The maximum Gasteiger partial charge on any atom is 2.00 e. The Morgan fingerprint density at radius 2 is 1.29 bits per heavy atom. The molecule has 0 bridgehead atoms. The molecule has 0 amide bonds. The monoisotopic (exact) mass is 424 g/mol. The van der Waals surface area contributed by atoms with Crippen LogP contribution in [0, 0.1) is 10.8 Å². The Bertz CT molecular complexity index is 717. The molecule has 0 aliphatic rings. The molecule has 0 radical (unpaired) electrons. The van der Waals surface area contributed by atoms with E-state index < -0.39 is 7.82 Å². The van der Waals surface area contributed by atoms with Gasteiger partial charge in [-0.3, -0.25) is 9.79 Å². The van der Waals surface area contributed by atoms with Crippen molar-refractivity contribution in [2.24, 2.45) is 10.8 Å². The maximum absolute atomic E-state index is 11.5. The zero-order valence-corrected chi connectivity index (χ0v) is 21.8. The third-order valence-electron chi connectivity index (χ3n) is 4.65. The molecular formula is C22H41MgO4P. The van der Waals surface area contributed by atoms with Crippen LogP contribution in [0.1, 0.15) is 96.1 Å². The summed E-state index contributed by atoms with van der Waals surface area (Å²) in [6.45, 7) is 21.9. The molecule has 0 aromatic heterocycles. The fourth-order valence-corrected chi connectivity index (χ4v) is 4.95. The first kappa shape index (κ1) is 27.9. The van der Waals surface area contributed by atoms with Crippen LogP contribution < -0.4 is 4.52 Å². The van der Waals surface area contributed by atoms with Gasteiger partial charge in [0, 0.05) is 5.56 Å². The Kier molecular flexibility index (Phi) is 8.95. The Morgan fingerprint density at radius 3 is 1.68 bits per heavy atom. The number of benzene rings is 1. The van der Waals surface area contributed by atoms with Crippen molar-refractivity contribution in [1.82, 2.24) is 0 Å². The van der Waals surface area contributed by atoms with E-state index in [-0.39, 0.29) is 53.3 Å². The number of hydrogen-bond donors (Lipinski definition) is 2. The Balaban J connectivity index is -0.00000243. The molecule has 160 valence electrons. The van der Waals surface area contributed by atoms with Crippen LogP contribution in [0.3, 0.4) is 0 Å². The number of rotatable bonds is 6. The summed E-state index contributed by atoms with van der Waals surface area (Å²) in [7, 11) is -4.62. The van der Waals surface area contributed by atoms with E-state index in [2.05, 4.69) is 75.3 Å². The molecule has 0 spiro atoms. The fraction of sp³-hybridized carbons (Fsp3) is 0.727. The molecule has 1 rings (SSSR count). The molecule has 0 aliphatic carbocycles. The molecular weight excluding hydrogens is 384 g/mol. The van der Waals surface area contributed by atoms with Crippen molar-refractivity contribution >= 4 is 30.9 Å². The second-order valence-electron chi connectivity index (χ2n) is 11.5. The molecule has 0 aliphatic heterocycles. The first-order valence-corrected chi connectivity index (χ1v) is 11.2. The van der Waals surface area contributed by atoms with Crippen LogP contribution in [0.4, 0.5) is 0 Å². The van der Waals surface area contributed by atoms with Gasteiger partial charge in [-0.05, 0) is 46.1 Å². The molecule has 0 atom stereocenters. The molecule has 0 saturated heterocycles. The molecule has 0 heterocycles. The topological polar surface area (TPSA) is 66.8 Å². The van der Waals surface area contributed by atoms with E-state index in [9.17, 15) is 14.4 Å². The molecule has 2 N–H and O–H groups in total. The van der Waals surface area contributed by atoms with Crippen molar-refractivity contribution in [2.75, 3.05) is 0 Å². The van der Waals surface area contributed by atoms with Crippen LogP contribution in [0.15, 0.2) is 18.2 Å². The van der Waals surface area contributed by atoms with Gasteiger partial charge < -0.3 is 7.38 Å². The summed E-state index contributed by atoms with van der Waals surface area (Å²) in [6, 6.07) is 5.74. The molecule has 4 nitrogen and oxygen atoms in total. The van der Waals surface area contributed by atoms with E-state index >= 15 is 0 Å². The summed E-state index contributed by atoms with van der Waals surface area (Å²) < 4.78 is 16.6. The molecule has 0 fully saturated rings. The Hall–Kier alpha value is -0.0638. The van der Waals surface area contributed by atoms with Gasteiger partial charge in [0.1, 0.15) is 5.75 Å². The van der Waals surface area contributed by atoms with Gasteiger partial charge in [-0.25, -0.2) is 4.57 Å². The first-order chi connectivity index (χ1) is 11.7. The summed E-state index contributed by atoms with van der Waals surface area (Å²) >= 11 is 0. The van der Waals surface area contributed by atoms with Crippen molar-refractivity contribution in [1.29, 1.82) is 0 Å². The zero-order chi connectivity index (χ0) is 21.5. The molecule has 1 aromatic carbocycles. The largest absolute Gasteiger partial charge is 2.00 e. The van der Waals surface area contributed by atoms with Gasteiger partial charge in [-0.15, -0.1) is 0 Å². The predicted molar refractivity (Wildman–Crippen MR) is 121 cm³/mol. The predicted octanol–water partition coefficient (Wildman–Crippen LogP) is 6.43. The van der Waals surface area contributed by atoms with Crippen LogP contribution in [0.5, 0.6) is 5.75 Å². The van der Waals surface area contributed by atoms with Gasteiger partial charge in [0.2, 0.25) is 0 Å². The first-order valence-electron chi connectivity index (χ1n) is 9.62. The van der Waals surface area contributed by atoms with E-state index in [1.165, 1.54) is 0 Å². The minimum atomic E-state index is -4.62. The van der Waals surface area contributed by atoms with Crippen molar-refractivity contribution < 1.29 is 21.7 Å². The summed E-state index contributed by atoms with van der Waals surface area (Å²) in [5.74, 6) is 0.271. The van der Waals surface area contributed by atoms with Crippen molar-refractivity contribution in [3.8, 4) is 5.75 Å². The maximum atomic E-state index is 11.5. The number of hydrogen-bond acceptors (Lipinski definition) is 2. The van der Waals surface area contributed by atoms with Crippen molar-refractivity contribution in [3.63, 3.8) is 0 Å². The molecule has 6 heteroatoms. The van der Waals surface area contributed by atoms with E-state index in [0.717, 1.165) is 24.0 Å². The van der Waals surface area contributed by atoms with Gasteiger partial charge >= 0.3 is 30.9 Å². The van der Waals surface area contributed by atoms with E-state index in [1.54, 1.807) is 6.07 Å². The zero-order valence-electron chi connectivity index (χ0n) is 21.5. The SMILES string of the molecule is CC(C)(C)CC(C)(C)c1ccc(OP(=O)(O)O)c(C(C)(C)CC(C)(C)C)c1.[H-].[H-].[Mg+2]. The second-order valence-corrected chi connectivity index (χ2v) is 12.7. The molecule has 1 aromatic rings. The van der Waals surface area contributed by atoms with Crippen LogP contribution in [0.25, 0.3) is 0 Å². The summed E-state index contributed by atoms with van der Waals surface area (Å²) in [6.07, 6.45) is 1.86. The third-order valence-corrected chi connectivity index (χ3v) is 5.09. The van der Waals surface area contributed by atoms with Gasteiger partial charge in [0.25, 0.3) is 0 Å². The van der Waals surface area contributed by atoms with E-state index in [1.807, 2.05) is 6.07 Å². The van der Waals surface area contributed by atoms with E-state index in [4.69, 9.17) is 4.52 Å². The van der Waals surface area contributed by atoms with Crippen molar-refractivity contribution in [3.05, 3.63) is 29.3 Å². The minimum absolute atomic E-state index is 0. The molecule has 0 unspecified atom stereocenters. The smallest absolute Gasteiger partial charge is 1.00 e. The normalized spacial score (nSPS) is 13.9. The Labute approximate surface area is 191 Å². The van der Waals surface area contributed by atoms with Crippen LogP contribution in [-0.4, -0.2) is 32.8 Å². The quantitative estimate of drug-likeness (QED) is 0.408. The second kappa shape index (κ2) is 8.97. The average molecular weight is 425 g/mol. The van der Waals surface area contributed by atoms with E-state index in [0.29, 0.717) is 0 Å². The van der Waals surface area contributed by atoms with Gasteiger partial charge in [0.15, 0.2) is 0 Å². The molecule has 28 heavy (non-hydrogen) atoms. The van der Waals surface area contributed by atoms with Crippen LogP contribution in [-0.2, 0) is 15.4 Å². The fourth-order valence-electron chi connectivity index (χ4n) is 4.54. The number of phosphoric ester groups is 1. The van der Waals surface area contributed by atoms with Crippen molar-refractivity contribution in [2.45, 2.75) is 92.9 Å². The molecule has 0 saturated carbocycles. The summed E-state index contributed by atoms with van der Waals surface area (Å²) in [5.41, 5.74) is 1.89. The number of phosphoric acid groups is 1. The van der Waals surface area contributed by atoms with Crippen LogP contribution >= 0.6 is 7.82 Å². The van der Waals surface area contributed by atoms with Gasteiger partial charge in [-0.2, -0.15) is 0 Å². The van der Waals surface area contributed by atoms with Gasteiger partial charge in [-0.1, -0.05) is 81.4 Å². The average Bonchev–Trinajstić information content (AvgIpc) is 2.30. The standard InChI is InChI=1S/C22H39O4P.Mg.2H/c1-19(2,3)14-21(7,8)16-11-12-18(26-27(23,24)25)17(13-16)22(9,10)15-20(4,5)6;;;/h11-13H,14-15H2,1-10H3,(H2,23,24,25);;;/q;+2;2*-1. The van der Waals surface area contributed by atoms with Gasteiger partial charge in [0.05, 0.1) is 0 Å². The summed E-state index contributed by atoms with van der Waals surface area (Å²) in [5, 5.41) is 0. The minimum Gasteiger partial charge on any atom is -1.00 e. The Morgan fingerprint density at radius 1 is 0.857 bits per heavy atom.